The lowest BCUT2D eigenvalue weighted by Crippen LogP contribution is -2.29. The van der Waals surface area contributed by atoms with Crippen LogP contribution in [0.4, 0.5) is 0 Å². The Morgan fingerprint density at radius 3 is 2.35 bits per heavy atom. The summed E-state index contributed by atoms with van der Waals surface area (Å²) < 4.78 is 0. The zero-order valence-corrected chi connectivity index (χ0v) is 20.0. The first kappa shape index (κ1) is 22.8. The van der Waals surface area contributed by atoms with Gasteiger partial charge in [-0.05, 0) is 89.8 Å². The number of hydrogen-bond donors (Lipinski definition) is 0. The lowest BCUT2D eigenvalue weighted by Gasteiger charge is -2.31. The van der Waals surface area contributed by atoms with Crippen molar-refractivity contribution >= 4 is 12.6 Å². The maximum absolute atomic E-state index is 11.9. The second-order valence-electron chi connectivity index (χ2n) is 10.1. The average Bonchev–Trinajstić information content (AvgIpc) is 2.91. The SMILES string of the molecule is O=CC(C=O)(CCCCCC1CCCc2c1ccc1c2CCc2ccccc2-1)c1ccccc1. The minimum absolute atomic E-state index is 0.595. The highest BCUT2D eigenvalue weighted by atomic mass is 16.1. The van der Waals surface area contributed by atoms with Crippen molar-refractivity contribution in [1.82, 2.24) is 0 Å². The highest BCUT2D eigenvalue weighted by Crippen LogP contribution is 2.43. The molecule has 0 amide bonds. The van der Waals surface area contributed by atoms with Gasteiger partial charge in [0.05, 0.1) is 0 Å². The van der Waals surface area contributed by atoms with Crippen LogP contribution in [0, 0.1) is 0 Å². The Hall–Kier alpha value is -3.00. The number of rotatable bonds is 9. The zero-order valence-electron chi connectivity index (χ0n) is 20.0. The van der Waals surface area contributed by atoms with Crippen LogP contribution in [0.3, 0.4) is 0 Å². The summed E-state index contributed by atoms with van der Waals surface area (Å²) in [4.78, 5) is 23.7. The Labute approximate surface area is 203 Å². The molecule has 0 aliphatic heterocycles. The number of benzene rings is 3. The molecule has 2 nitrogen and oxygen atoms in total. The minimum atomic E-state index is -0.992. The summed E-state index contributed by atoms with van der Waals surface area (Å²) in [5, 5.41) is 0. The molecule has 3 aromatic rings. The second kappa shape index (κ2) is 10.1. The van der Waals surface area contributed by atoms with Gasteiger partial charge in [0.2, 0.25) is 0 Å². The highest BCUT2D eigenvalue weighted by Gasteiger charge is 2.31. The van der Waals surface area contributed by atoms with Crippen LogP contribution in [0.25, 0.3) is 11.1 Å². The first-order chi connectivity index (χ1) is 16.8. The predicted octanol–water partition coefficient (Wildman–Crippen LogP) is 7.16. The number of carbonyl (C=O) groups is 2. The van der Waals surface area contributed by atoms with Crippen LogP contribution in [0.15, 0.2) is 66.7 Å². The van der Waals surface area contributed by atoms with E-state index in [0.717, 1.165) is 43.8 Å². The summed E-state index contributed by atoms with van der Waals surface area (Å²) in [6.45, 7) is 0. The molecule has 0 aromatic heterocycles. The van der Waals surface area contributed by atoms with Crippen LogP contribution in [0.5, 0.6) is 0 Å². The van der Waals surface area contributed by atoms with E-state index in [1.54, 1.807) is 16.7 Å². The maximum atomic E-state index is 11.9. The van der Waals surface area contributed by atoms with Crippen LogP contribution in [0.2, 0.25) is 0 Å². The maximum Gasteiger partial charge on any atom is 0.137 e. The molecular formula is C32H34O2. The largest absolute Gasteiger partial charge is 0.302 e. The quantitative estimate of drug-likeness (QED) is 0.197. The average molecular weight is 451 g/mol. The van der Waals surface area contributed by atoms with Crippen molar-refractivity contribution in [2.75, 3.05) is 0 Å². The molecule has 2 aliphatic rings. The Morgan fingerprint density at radius 2 is 1.53 bits per heavy atom. The van der Waals surface area contributed by atoms with Gasteiger partial charge in [0, 0.05) is 0 Å². The van der Waals surface area contributed by atoms with Crippen molar-refractivity contribution in [2.45, 2.75) is 75.5 Å². The van der Waals surface area contributed by atoms with Crippen LogP contribution in [-0.4, -0.2) is 12.6 Å². The van der Waals surface area contributed by atoms with E-state index < -0.39 is 5.41 Å². The summed E-state index contributed by atoms with van der Waals surface area (Å²) in [6.07, 6.45) is 12.7. The molecule has 0 N–H and O–H groups in total. The normalized spacial score (nSPS) is 16.8. The molecule has 2 heteroatoms. The van der Waals surface area contributed by atoms with Gasteiger partial charge in [-0.15, -0.1) is 0 Å². The van der Waals surface area contributed by atoms with Crippen molar-refractivity contribution in [3.8, 4) is 11.1 Å². The van der Waals surface area contributed by atoms with E-state index in [1.807, 2.05) is 30.3 Å². The van der Waals surface area contributed by atoms with E-state index in [-0.39, 0.29) is 0 Å². The van der Waals surface area contributed by atoms with Crippen molar-refractivity contribution in [3.63, 3.8) is 0 Å². The number of aryl methyl sites for hydroxylation is 1. The van der Waals surface area contributed by atoms with E-state index in [0.29, 0.717) is 12.3 Å². The second-order valence-corrected chi connectivity index (χ2v) is 10.1. The van der Waals surface area contributed by atoms with Gasteiger partial charge in [0.1, 0.15) is 18.0 Å². The Balaban J connectivity index is 1.23. The Bertz CT molecular complexity index is 1150. The molecule has 1 atom stereocenters. The van der Waals surface area contributed by atoms with Crippen LogP contribution < -0.4 is 0 Å². The van der Waals surface area contributed by atoms with Gasteiger partial charge in [-0.1, -0.05) is 86.0 Å². The third kappa shape index (κ3) is 4.27. The number of hydrogen-bond acceptors (Lipinski definition) is 2. The molecule has 0 radical (unpaired) electrons. The number of carbonyl (C=O) groups excluding carboxylic acids is 2. The van der Waals surface area contributed by atoms with Crippen molar-refractivity contribution in [2.24, 2.45) is 0 Å². The Morgan fingerprint density at radius 1 is 0.735 bits per heavy atom. The third-order valence-corrected chi connectivity index (χ3v) is 8.21. The molecule has 0 fully saturated rings. The van der Waals surface area contributed by atoms with E-state index in [1.165, 1.54) is 48.8 Å². The number of unbranched alkanes of at least 4 members (excludes halogenated alkanes) is 2. The predicted molar refractivity (Wildman–Crippen MR) is 138 cm³/mol. The van der Waals surface area contributed by atoms with E-state index in [9.17, 15) is 9.59 Å². The van der Waals surface area contributed by atoms with Gasteiger partial charge in [-0.25, -0.2) is 0 Å². The smallest absolute Gasteiger partial charge is 0.137 e. The molecular weight excluding hydrogens is 416 g/mol. The summed E-state index contributed by atoms with van der Waals surface area (Å²) >= 11 is 0. The van der Waals surface area contributed by atoms with Gasteiger partial charge < -0.3 is 9.59 Å². The molecule has 0 bridgehead atoms. The lowest BCUT2D eigenvalue weighted by molar-refractivity contribution is -0.121. The lowest BCUT2D eigenvalue weighted by atomic mass is 9.73. The topological polar surface area (TPSA) is 34.1 Å². The van der Waals surface area contributed by atoms with E-state index in [2.05, 4.69) is 36.4 Å². The van der Waals surface area contributed by atoms with Gasteiger partial charge in [-0.3, -0.25) is 0 Å². The summed E-state index contributed by atoms with van der Waals surface area (Å²) in [5.41, 5.74) is 9.02. The third-order valence-electron chi connectivity index (χ3n) is 8.21. The first-order valence-electron chi connectivity index (χ1n) is 13.0. The molecule has 1 unspecified atom stereocenters. The molecule has 0 saturated carbocycles. The van der Waals surface area contributed by atoms with Crippen molar-refractivity contribution < 1.29 is 9.59 Å². The molecule has 5 rings (SSSR count). The van der Waals surface area contributed by atoms with Gasteiger partial charge in [-0.2, -0.15) is 0 Å². The van der Waals surface area contributed by atoms with Crippen LogP contribution in [-0.2, 0) is 34.3 Å². The standard InChI is InChI=1S/C32H34O2/c33-22-32(23-34,26-13-4-1-5-14-26)21-8-2-3-10-24-12-9-16-29-28(24)19-20-30-27-15-7-6-11-25(27)17-18-31(29)30/h1,4-7,11,13-15,19-20,22-24H,2-3,8-10,12,16-18,21H2. The molecule has 0 heterocycles. The molecule has 174 valence electrons. The molecule has 34 heavy (non-hydrogen) atoms. The molecule has 3 aromatic carbocycles. The van der Waals surface area contributed by atoms with Crippen molar-refractivity contribution in [1.29, 1.82) is 0 Å². The van der Waals surface area contributed by atoms with E-state index >= 15 is 0 Å². The summed E-state index contributed by atoms with van der Waals surface area (Å²) in [6, 6.07) is 23.2. The van der Waals surface area contributed by atoms with Gasteiger partial charge >= 0.3 is 0 Å². The van der Waals surface area contributed by atoms with E-state index in [4.69, 9.17) is 0 Å². The summed E-state index contributed by atoms with van der Waals surface area (Å²) in [7, 11) is 0. The number of aldehydes is 2. The fourth-order valence-corrected chi connectivity index (χ4v) is 6.33. The Kier molecular flexibility index (Phi) is 6.76. The molecule has 0 saturated heterocycles. The number of fused-ring (bicyclic) bond motifs is 5. The van der Waals surface area contributed by atoms with Crippen molar-refractivity contribution in [3.05, 3.63) is 94.5 Å². The summed E-state index contributed by atoms with van der Waals surface area (Å²) in [5.74, 6) is 0.641. The molecule has 2 aliphatic carbocycles. The van der Waals surface area contributed by atoms with Gasteiger partial charge in [0.25, 0.3) is 0 Å². The van der Waals surface area contributed by atoms with Crippen LogP contribution >= 0.6 is 0 Å². The fraction of sp³-hybridized carbons (Fsp3) is 0.375. The first-order valence-corrected chi connectivity index (χ1v) is 13.0. The van der Waals surface area contributed by atoms with Crippen LogP contribution in [0.1, 0.15) is 78.7 Å². The highest BCUT2D eigenvalue weighted by molar-refractivity contribution is 5.91. The minimum Gasteiger partial charge on any atom is -0.302 e. The molecule has 0 spiro atoms. The van der Waals surface area contributed by atoms with Gasteiger partial charge in [0.15, 0.2) is 0 Å². The monoisotopic (exact) mass is 450 g/mol. The fourth-order valence-electron chi connectivity index (χ4n) is 6.33. The zero-order chi connectivity index (χ0) is 23.4.